The van der Waals surface area contributed by atoms with Gasteiger partial charge in [0.2, 0.25) is 5.88 Å². The molecule has 0 amide bonds. The summed E-state index contributed by atoms with van der Waals surface area (Å²) >= 11 is 6.19. The molecule has 3 aliphatic heterocycles. The smallest absolute Gasteiger partial charge is 0.326 e. The fourth-order valence-electron chi connectivity index (χ4n) is 6.12. The Morgan fingerprint density at radius 1 is 1.31 bits per heavy atom. The van der Waals surface area contributed by atoms with Crippen LogP contribution in [0.4, 0.5) is 18.9 Å². The van der Waals surface area contributed by atoms with Gasteiger partial charge in [-0.15, -0.1) is 0 Å². The first-order valence-electron chi connectivity index (χ1n) is 13.9. The van der Waals surface area contributed by atoms with Gasteiger partial charge in [0.05, 0.1) is 41.8 Å². The minimum Gasteiger partial charge on any atom is -0.480 e. The van der Waals surface area contributed by atoms with Gasteiger partial charge in [-0.25, -0.2) is 36.4 Å². The number of aromatic nitrogens is 1. The maximum Gasteiger partial charge on any atom is 0.326 e. The molecule has 0 bridgehead atoms. The fourth-order valence-corrected chi connectivity index (χ4v) is 8.28. The van der Waals surface area contributed by atoms with Gasteiger partial charge in [0.1, 0.15) is 33.8 Å². The molecule has 1 spiro atoms. The number of para-hydroxylation sites is 1. The lowest BCUT2D eigenvalue weighted by atomic mass is 9.82. The van der Waals surface area contributed by atoms with Crippen LogP contribution in [0.25, 0.3) is 16.7 Å². The molecule has 16 heteroatoms. The average Bonchev–Trinajstić information content (AvgIpc) is 3.56. The number of ether oxygens (including phenoxy) is 2. The van der Waals surface area contributed by atoms with Crippen LogP contribution in [0.2, 0.25) is 5.02 Å². The average molecular weight is 669 g/mol. The number of hydrogen-bond acceptors (Lipinski definition) is 9. The van der Waals surface area contributed by atoms with Crippen LogP contribution in [0.15, 0.2) is 52.5 Å². The van der Waals surface area contributed by atoms with Gasteiger partial charge in [0.15, 0.2) is 21.4 Å². The lowest BCUT2D eigenvalue weighted by molar-refractivity contribution is -0.141. The molecule has 3 aromatic rings. The van der Waals surface area contributed by atoms with Crippen molar-refractivity contribution in [1.82, 2.24) is 9.88 Å². The van der Waals surface area contributed by atoms with E-state index >= 15 is 4.39 Å². The summed E-state index contributed by atoms with van der Waals surface area (Å²) in [5.41, 5.74) is 3.53. The van der Waals surface area contributed by atoms with Crippen LogP contribution in [0.1, 0.15) is 30.6 Å². The molecule has 2 aromatic heterocycles. The Bertz CT molecular complexity index is 1830. The second kappa shape index (κ2) is 11.2. The van der Waals surface area contributed by atoms with Crippen molar-refractivity contribution in [2.75, 3.05) is 25.5 Å². The van der Waals surface area contributed by atoms with E-state index in [-0.39, 0.29) is 72.6 Å². The first kappa shape index (κ1) is 31.2. The molecule has 5 heterocycles. The molecule has 11 nitrogen and oxygen atoms in total. The van der Waals surface area contributed by atoms with Gasteiger partial charge in [-0.1, -0.05) is 30.3 Å². The van der Waals surface area contributed by atoms with E-state index in [0.717, 1.165) is 0 Å². The highest BCUT2D eigenvalue weighted by Crippen LogP contribution is 2.51. The molecule has 0 radical (unpaired) electrons. The number of likely N-dealkylation sites (tertiary alicyclic amines) is 1. The van der Waals surface area contributed by atoms with Gasteiger partial charge in [0.25, 0.3) is 6.43 Å². The molecule has 3 atom stereocenters. The molecule has 3 N–H and O–H groups in total. The van der Waals surface area contributed by atoms with Crippen LogP contribution in [0, 0.1) is 0 Å². The van der Waals surface area contributed by atoms with E-state index in [0.29, 0.717) is 11.0 Å². The highest BCUT2D eigenvalue weighted by molar-refractivity contribution is 7.93. The third-order valence-electron chi connectivity index (χ3n) is 8.53. The third kappa shape index (κ3) is 5.40. The zero-order chi connectivity index (χ0) is 32.3. The van der Waals surface area contributed by atoms with Crippen LogP contribution < -0.4 is 10.5 Å². The molecule has 0 saturated carbocycles. The summed E-state index contributed by atoms with van der Waals surface area (Å²) in [6.45, 7) is 3.67. The highest BCUT2D eigenvalue weighted by atomic mass is 35.5. The minimum absolute atomic E-state index is 0.0289. The Morgan fingerprint density at radius 2 is 2.04 bits per heavy atom. The summed E-state index contributed by atoms with van der Waals surface area (Å²) in [5, 5.41) is 10.6. The van der Waals surface area contributed by atoms with Gasteiger partial charge in [-0.3, -0.25) is 0 Å². The number of aliphatic carboxylic acids is 1. The predicted molar refractivity (Wildman–Crippen MR) is 158 cm³/mol. The number of pyridine rings is 1. The minimum atomic E-state index is -3.61. The number of sulfone groups is 1. The Balaban J connectivity index is 1.31. The lowest BCUT2D eigenvalue weighted by Gasteiger charge is -2.48. The molecule has 0 aliphatic carbocycles. The number of halogens is 4. The van der Waals surface area contributed by atoms with E-state index in [9.17, 15) is 27.1 Å². The first-order valence-corrected chi connectivity index (χ1v) is 15.9. The van der Waals surface area contributed by atoms with Crippen molar-refractivity contribution in [3.63, 3.8) is 0 Å². The van der Waals surface area contributed by atoms with Gasteiger partial charge >= 0.3 is 5.97 Å². The quantitative estimate of drug-likeness (QED) is 0.259. The Kier molecular flexibility index (Phi) is 7.77. The van der Waals surface area contributed by atoms with Gasteiger partial charge in [0, 0.05) is 24.4 Å². The molecule has 3 fully saturated rings. The summed E-state index contributed by atoms with van der Waals surface area (Å²) in [6, 6.07) is 6.63. The van der Waals surface area contributed by atoms with Crippen molar-refractivity contribution in [2.24, 2.45) is 10.7 Å². The van der Waals surface area contributed by atoms with Crippen molar-refractivity contribution >= 4 is 55.6 Å². The molecule has 3 saturated heterocycles. The number of fused-ring (bicyclic) bond motifs is 1. The highest BCUT2D eigenvalue weighted by Gasteiger charge is 2.60. The number of carboxylic acid groups (broad SMARTS) is 1. The molecule has 240 valence electrons. The van der Waals surface area contributed by atoms with Gasteiger partial charge < -0.3 is 29.6 Å². The number of furan rings is 1. The first-order chi connectivity index (χ1) is 21.2. The Labute approximate surface area is 260 Å². The normalized spacial score (nSPS) is 25.9. The standard InChI is InChI=1S/C29H28ClF3N4O7S/c1-15(23-22(36-25(34)24(31)32)18-4-2-3-5-21(18)44-23)37-11-17(9-20(37)27(38)39)43-26-19(8-16(30)10-35-26)29(33)6-7-45(40,41)28(12-29)13-42-14-28/h2-5,8,10,17,20,24H,1,6-7,9,11-14H2,(H2,34,36)(H,38,39)/t17-,20-,29+/m0/s1. The zero-order valence-corrected chi connectivity index (χ0v) is 25.2. The molecular weight excluding hydrogens is 641 g/mol. The van der Waals surface area contributed by atoms with Crippen molar-refractivity contribution in [3.8, 4) is 5.88 Å². The molecular formula is C29H28ClF3N4O7S. The summed E-state index contributed by atoms with van der Waals surface area (Å²) in [7, 11) is -3.61. The molecule has 0 unspecified atom stereocenters. The summed E-state index contributed by atoms with van der Waals surface area (Å²) in [6.07, 6.45) is -3.48. The predicted octanol–water partition coefficient (Wildman–Crippen LogP) is 4.45. The van der Waals surface area contributed by atoms with Crippen molar-refractivity contribution in [3.05, 3.63) is 59.5 Å². The maximum atomic E-state index is 16.7. The number of amidine groups is 1. The van der Waals surface area contributed by atoms with Crippen LogP contribution in [0.5, 0.6) is 5.88 Å². The second-order valence-corrected chi connectivity index (χ2v) is 14.4. The Hall–Kier alpha value is -3.82. The number of nitrogens with two attached hydrogens (primary N) is 1. The van der Waals surface area contributed by atoms with Crippen LogP contribution in [-0.4, -0.2) is 84.0 Å². The topological polar surface area (TPSA) is 158 Å². The number of nitrogens with zero attached hydrogens (tertiary/aromatic N) is 3. The van der Waals surface area contributed by atoms with Crippen LogP contribution >= 0.6 is 11.6 Å². The number of benzene rings is 1. The number of carboxylic acids is 1. The monoisotopic (exact) mass is 668 g/mol. The Morgan fingerprint density at radius 3 is 2.71 bits per heavy atom. The number of aliphatic imine (C=N–C) groups is 1. The van der Waals surface area contributed by atoms with E-state index < -0.39 is 56.4 Å². The molecule has 1 aromatic carbocycles. The maximum absolute atomic E-state index is 16.7. The number of hydrogen-bond donors (Lipinski definition) is 2. The van der Waals surface area contributed by atoms with E-state index in [4.69, 9.17) is 31.2 Å². The molecule has 45 heavy (non-hydrogen) atoms. The van der Waals surface area contributed by atoms with E-state index in [1.165, 1.54) is 17.2 Å². The number of alkyl halides is 3. The SMILES string of the molecule is C=C(c1oc2ccccc2c1N=C(N)C(F)F)N1C[C@@H](Oc2ncc(Cl)cc2[C@@]2(F)CCS(=O)(=O)C3(COC3)C2)C[C@H]1C(=O)O. The van der Waals surface area contributed by atoms with Crippen LogP contribution in [-0.2, 0) is 25.0 Å². The van der Waals surface area contributed by atoms with Crippen molar-refractivity contribution < 1.29 is 45.4 Å². The third-order valence-corrected chi connectivity index (χ3v) is 11.2. The van der Waals surface area contributed by atoms with E-state index in [2.05, 4.69) is 16.6 Å². The number of rotatable bonds is 8. The summed E-state index contributed by atoms with van der Waals surface area (Å²) < 4.78 is 84.7. The summed E-state index contributed by atoms with van der Waals surface area (Å²) in [4.78, 5) is 21.8. The lowest BCUT2D eigenvalue weighted by Crippen LogP contribution is -2.62. The summed E-state index contributed by atoms with van der Waals surface area (Å²) in [5.74, 6) is -2.81. The largest absolute Gasteiger partial charge is 0.480 e. The number of carbonyl (C=O) groups is 1. The second-order valence-electron chi connectivity index (χ2n) is 11.4. The van der Waals surface area contributed by atoms with Crippen molar-refractivity contribution in [1.29, 1.82) is 0 Å². The van der Waals surface area contributed by atoms with E-state index in [1.807, 2.05) is 0 Å². The fraction of sp³-hybridized carbons (Fsp3) is 0.414. The molecule has 3 aliphatic rings. The molecule has 6 rings (SSSR count). The van der Waals surface area contributed by atoms with E-state index in [1.54, 1.807) is 24.3 Å². The van der Waals surface area contributed by atoms with Gasteiger partial charge in [-0.2, -0.15) is 0 Å². The zero-order valence-electron chi connectivity index (χ0n) is 23.6. The van der Waals surface area contributed by atoms with Crippen molar-refractivity contribution in [2.45, 2.75) is 48.2 Å². The van der Waals surface area contributed by atoms with Gasteiger partial charge in [-0.05, 0) is 24.6 Å². The van der Waals surface area contributed by atoms with Crippen LogP contribution in [0.3, 0.4) is 0 Å².